The molecule has 0 aliphatic rings. The summed E-state index contributed by atoms with van der Waals surface area (Å²) < 4.78 is 31.0. The van der Waals surface area contributed by atoms with Crippen LogP contribution in [0.15, 0.2) is 78.0 Å². The van der Waals surface area contributed by atoms with Gasteiger partial charge in [-0.3, -0.25) is 4.79 Å². The Balaban J connectivity index is 1.78. The number of carboxylic acids is 1. The first kappa shape index (κ1) is 21.9. The Labute approximate surface area is 197 Å². The SMILES string of the molecule is Cc1ccc(S(=O)(=O)n2c(-c3cn(C)c4ccc(CCC(=O)O)cc34)cc3cccnc32)cc1. The first-order valence-corrected chi connectivity index (χ1v) is 12.3. The third-order valence-electron chi connectivity index (χ3n) is 6.04. The molecular weight excluding hydrogens is 450 g/mol. The minimum atomic E-state index is -3.94. The van der Waals surface area contributed by atoms with Crippen molar-refractivity contribution >= 4 is 37.9 Å². The maximum absolute atomic E-state index is 13.9. The van der Waals surface area contributed by atoms with Crippen LogP contribution in [0.5, 0.6) is 0 Å². The Morgan fingerprint density at radius 1 is 1.06 bits per heavy atom. The number of nitrogens with zero attached hydrogens (tertiary/aromatic N) is 3. The summed E-state index contributed by atoms with van der Waals surface area (Å²) in [5.41, 5.74) is 4.38. The molecule has 3 aromatic heterocycles. The van der Waals surface area contributed by atoms with Crippen LogP contribution in [0.1, 0.15) is 17.5 Å². The molecule has 0 saturated carbocycles. The summed E-state index contributed by atoms with van der Waals surface area (Å²) in [6.45, 7) is 1.91. The molecule has 172 valence electrons. The van der Waals surface area contributed by atoms with Gasteiger partial charge in [-0.1, -0.05) is 23.8 Å². The van der Waals surface area contributed by atoms with Gasteiger partial charge < -0.3 is 9.67 Å². The maximum Gasteiger partial charge on any atom is 0.303 e. The summed E-state index contributed by atoms with van der Waals surface area (Å²) in [5, 5.41) is 10.6. The summed E-state index contributed by atoms with van der Waals surface area (Å²) in [5.74, 6) is -0.858. The van der Waals surface area contributed by atoms with Crippen molar-refractivity contribution in [3.8, 4) is 11.3 Å². The Bertz CT molecular complexity index is 1660. The van der Waals surface area contributed by atoms with E-state index in [4.69, 9.17) is 5.11 Å². The molecule has 0 aliphatic carbocycles. The zero-order valence-corrected chi connectivity index (χ0v) is 19.6. The van der Waals surface area contributed by atoms with Gasteiger partial charge in [0, 0.05) is 47.7 Å². The fraction of sp³-hybridized carbons (Fsp3) is 0.154. The number of carbonyl (C=O) groups is 1. The molecule has 0 radical (unpaired) electrons. The van der Waals surface area contributed by atoms with Crippen molar-refractivity contribution in [2.45, 2.75) is 24.7 Å². The zero-order valence-electron chi connectivity index (χ0n) is 18.8. The highest BCUT2D eigenvalue weighted by Gasteiger charge is 2.26. The van der Waals surface area contributed by atoms with Crippen LogP contribution in [-0.4, -0.2) is 33.0 Å². The zero-order chi connectivity index (χ0) is 24.0. The number of carboxylic acid groups (broad SMARTS) is 1. The van der Waals surface area contributed by atoms with Gasteiger partial charge in [-0.15, -0.1) is 0 Å². The monoisotopic (exact) mass is 473 g/mol. The van der Waals surface area contributed by atoms with E-state index < -0.39 is 16.0 Å². The molecule has 5 rings (SSSR count). The Hall–Kier alpha value is -3.91. The molecule has 0 spiro atoms. The van der Waals surface area contributed by atoms with Gasteiger partial charge in [-0.25, -0.2) is 17.4 Å². The van der Waals surface area contributed by atoms with Gasteiger partial charge in [-0.2, -0.15) is 0 Å². The van der Waals surface area contributed by atoms with Crippen LogP contribution in [0.4, 0.5) is 0 Å². The minimum Gasteiger partial charge on any atom is -0.481 e. The lowest BCUT2D eigenvalue weighted by atomic mass is 10.0. The third-order valence-corrected chi connectivity index (χ3v) is 7.76. The number of aromatic nitrogens is 3. The summed E-state index contributed by atoms with van der Waals surface area (Å²) in [4.78, 5) is 15.6. The van der Waals surface area contributed by atoms with Gasteiger partial charge >= 0.3 is 5.97 Å². The van der Waals surface area contributed by atoms with E-state index in [1.807, 2.05) is 55.1 Å². The van der Waals surface area contributed by atoms with E-state index in [1.54, 1.807) is 36.5 Å². The van der Waals surface area contributed by atoms with Crippen LogP contribution in [0.2, 0.25) is 0 Å². The number of pyridine rings is 1. The third kappa shape index (κ3) is 3.66. The van der Waals surface area contributed by atoms with Crippen molar-refractivity contribution < 1.29 is 18.3 Å². The number of benzene rings is 2. The molecule has 0 bridgehead atoms. The quantitative estimate of drug-likeness (QED) is 0.384. The lowest BCUT2D eigenvalue weighted by Gasteiger charge is -2.12. The lowest BCUT2D eigenvalue weighted by Crippen LogP contribution is -2.14. The molecule has 0 saturated heterocycles. The lowest BCUT2D eigenvalue weighted by molar-refractivity contribution is -0.136. The van der Waals surface area contributed by atoms with Crippen LogP contribution >= 0.6 is 0 Å². The normalized spacial score (nSPS) is 11.9. The average molecular weight is 474 g/mol. The van der Waals surface area contributed by atoms with Crippen molar-refractivity contribution in [2.75, 3.05) is 0 Å². The molecular formula is C26H23N3O4S. The molecule has 5 aromatic rings. The molecule has 0 atom stereocenters. The van der Waals surface area contributed by atoms with Gasteiger partial charge in [0.15, 0.2) is 5.65 Å². The highest BCUT2D eigenvalue weighted by molar-refractivity contribution is 7.90. The number of hydrogen-bond donors (Lipinski definition) is 1. The molecule has 2 aromatic carbocycles. The molecule has 0 unspecified atom stereocenters. The van der Waals surface area contributed by atoms with Crippen molar-refractivity contribution in [2.24, 2.45) is 7.05 Å². The largest absolute Gasteiger partial charge is 0.481 e. The standard InChI is InChI=1S/C26H23N3O4S/c1-17-5-9-20(10-6-17)34(32,33)29-24(15-19-4-3-13-27-26(19)29)22-16-28(2)23-11-7-18(14-21(22)23)8-12-25(30)31/h3-7,9-11,13-16H,8,12H2,1-2H3,(H,30,31). The number of aliphatic carboxylic acids is 1. The predicted molar refractivity (Wildman–Crippen MR) is 131 cm³/mol. The molecule has 0 aliphatic heterocycles. The molecule has 3 heterocycles. The van der Waals surface area contributed by atoms with E-state index in [1.165, 1.54) is 3.97 Å². The topological polar surface area (TPSA) is 94.2 Å². The van der Waals surface area contributed by atoms with E-state index >= 15 is 0 Å². The van der Waals surface area contributed by atoms with E-state index in [2.05, 4.69) is 4.98 Å². The second kappa shape index (κ2) is 8.14. The predicted octanol–water partition coefficient (Wildman–Crippen LogP) is 4.76. The highest BCUT2D eigenvalue weighted by atomic mass is 32.2. The second-order valence-corrected chi connectivity index (χ2v) is 10.2. The van der Waals surface area contributed by atoms with Crippen LogP contribution in [0.25, 0.3) is 33.2 Å². The van der Waals surface area contributed by atoms with Crippen LogP contribution in [-0.2, 0) is 28.3 Å². The Kier molecular flexibility index (Phi) is 5.25. The fourth-order valence-corrected chi connectivity index (χ4v) is 5.79. The van der Waals surface area contributed by atoms with Gasteiger partial charge in [0.25, 0.3) is 10.0 Å². The van der Waals surface area contributed by atoms with E-state index in [0.717, 1.165) is 27.6 Å². The van der Waals surface area contributed by atoms with Gasteiger partial charge in [-0.05, 0) is 61.4 Å². The Morgan fingerprint density at radius 2 is 1.82 bits per heavy atom. The Morgan fingerprint density at radius 3 is 2.56 bits per heavy atom. The van der Waals surface area contributed by atoms with E-state index in [-0.39, 0.29) is 11.3 Å². The maximum atomic E-state index is 13.9. The molecule has 1 N–H and O–H groups in total. The first-order chi connectivity index (χ1) is 16.3. The fourth-order valence-electron chi connectivity index (χ4n) is 4.31. The molecule has 34 heavy (non-hydrogen) atoms. The van der Waals surface area contributed by atoms with Crippen molar-refractivity contribution in [3.05, 3.63) is 84.2 Å². The highest BCUT2D eigenvalue weighted by Crippen LogP contribution is 2.36. The summed E-state index contributed by atoms with van der Waals surface area (Å²) in [6, 6.07) is 18.0. The van der Waals surface area contributed by atoms with Gasteiger partial charge in [0.2, 0.25) is 0 Å². The molecule has 8 heteroatoms. The number of aryl methyl sites for hydroxylation is 3. The average Bonchev–Trinajstić information content (AvgIpc) is 3.36. The number of hydrogen-bond acceptors (Lipinski definition) is 4. The summed E-state index contributed by atoms with van der Waals surface area (Å²) >= 11 is 0. The van der Waals surface area contributed by atoms with E-state index in [9.17, 15) is 13.2 Å². The molecule has 0 fully saturated rings. The van der Waals surface area contributed by atoms with Crippen LogP contribution < -0.4 is 0 Å². The van der Waals surface area contributed by atoms with Crippen LogP contribution in [0, 0.1) is 6.92 Å². The first-order valence-electron chi connectivity index (χ1n) is 10.8. The van der Waals surface area contributed by atoms with Gasteiger partial charge in [0.05, 0.1) is 10.6 Å². The summed E-state index contributed by atoms with van der Waals surface area (Å²) in [7, 11) is -2.04. The van der Waals surface area contributed by atoms with Crippen molar-refractivity contribution in [1.29, 1.82) is 0 Å². The second-order valence-electron chi connectivity index (χ2n) is 8.43. The van der Waals surface area contributed by atoms with Crippen molar-refractivity contribution in [3.63, 3.8) is 0 Å². The number of fused-ring (bicyclic) bond motifs is 2. The van der Waals surface area contributed by atoms with E-state index in [0.29, 0.717) is 23.1 Å². The molecule has 7 nitrogen and oxygen atoms in total. The van der Waals surface area contributed by atoms with Crippen molar-refractivity contribution in [1.82, 2.24) is 13.5 Å². The summed E-state index contributed by atoms with van der Waals surface area (Å²) in [6.07, 6.45) is 3.91. The number of rotatable bonds is 6. The minimum absolute atomic E-state index is 0.0274. The van der Waals surface area contributed by atoms with Crippen LogP contribution in [0.3, 0.4) is 0 Å². The smallest absolute Gasteiger partial charge is 0.303 e. The molecule has 0 amide bonds. The van der Waals surface area contributed by atoms with Gasteiger partial charge in [0.1, 0.15) is 0 Å².